The van der Waals surface area contributed by atoms with Gasteiger partial charge in [-0.2, -0.15) is 0 Å². The molecule has 0 aliphatic carbocycles. The van der Waals surface area contributed by atoms with Crippen molar-refractivity contribution in [1.82, 2.24) is 0 Å². The highest BCUT2D eigenvalue weighted by atomic mass is 16.5. The van der Waals surface area contributed by atoms with Crippen molar-refractivity contribution in [3.8, 4) is 17.1 Å². The Morgan fingerprint density at radius 2 is 2.07 bits per heavy atom. The Morgan fingerprint density at radius 3 is 2.80 bits per heavy atom. The first-order valence-corrected chi connectivity index (χ1v) is 4.78. The average Bonchev–Trinajstić information content (AvgIpc) is 2.80. The standard InChI is InChI=1S/C13H12O2/c1-2-9-14-12-7-4-3-6-11(12)13-8-5-10-15-13/h2-8,10H,1,9H2. The van der Waals surface area contributed by atoms with Crippen molar-refractivity contribution in [2.45, 2.75) is 0 Å². The van der Waals surface area contributed by atoms with Crippen molar-refractivity contribution < 1.29 is 9.15 Å². The molecule has 0 bridgehead atoms. The van der Waals surface area contributed by atoms with Gasteiger partial charge in [0, 0.05) is 0 Å². The van der Waals surface area contributed by atoms with Crippen molar-refractivity contribution in [1.29, 1.82) is 0 Å². The maximum atomic E-state index is 5.53. The second-order valence-corrected chi connectivity index (χ2v) is 3.07. The minimum Gasteiger partial charge on any atom is -0.489 e. The molecule has 1 aromatic heterocycles. The van der Waals surface area contributed by atoms with Gasteiger partial charge in [0.1, 0.15) is 18.1 Å². The molecule has 0 spiro atoms. The van der Waals surface area contributed by atoms with Crippen LogP contribution in [0.5, 0.6) is 5.75 Å². The third-order valence-electron chi connectivity index (χ3n) is 2.03. The summed E-state index contributed by atoms with van der Waals surface area (Å²) in [5, 5.41) is 0. The molecule has 0 unspecified atom stereocenters. The first-order chi connectivity index (χ1) is 7.42. The average molecular weight is 200 g/mol. The minimum atomic E-state index is 0.498. The van der Waals surface area contributed by atoms with E-state index in [-0.39, 0.29) is 0 Å². The lowest BCUT2D eigenvalue weighted by Crippen LogP contribution is -1.94. The molecule has 2 rings (SSSR count). The predicted molar refractivity (Wildman–Crippen MR) is 59.8 cm³/mol. The monoisotopic (exact) mass is 200 g/mol. The smallest absolute Gasteiger partial charge is 0.137 e. The number of furan rings is 1. The van der Waals surface area contributed by atoms with Crippen LogP contribution in [0, 0.1) is 0 Å². The number of ether oxygens (including phenoxy) is 1. The lowest BCUT2D eigenvalue weighted by Gasteiger charge is -2.07. The summed E-state index contributed by atoms with van der Waals surface area (Å²) in [6.45, 7) is 4.12. The third-order valence-corrected chi connectivity index (χ3v) is 2.03. The van der Waals surface area contributed by atoms with Crippen LogP contribution < -0.4 is 4.74 Å². The van der Waals surface area contributed by atoms with Crippen LogP contribution >= 0.6 is 0 Å². The molecule has 1 aromatic carbocycles. The molecule has 2 aromatic rings. The van der Waals surface area contributed by atoms with Gasteiger partial charge in [-0.3, -0.25) is 0 Å². The van der Waals surface area contributed by atoms with E-state index >= 15 is 0 Å². The highest BCUT2D eigenvalue weighted by Crippen LogP contribution is 2.29. The molecule has 0 N–H and O–H groups in total. The van der Waals surface area contributed by atoms with Crippen LogP contribution in [0.2, 0.25) is 0 Å². The van der Waals surface area contributed by atoms with E-state index in [4.69, 9.17) is 9.15 Å². The van der Waals surface area contributed by atoms with E-state index in [1.807, 2.05) is 36.4 Å². The fourth-order valence-electron chi connectivity index (χ4n) is 1.38. The van der Waals surface area contributed by atoms with Gasteiger partial charge in [0.25, 0.3) is 0 Å². The topological polar surface area (TPSA) is 22.4 Å². The van der Waals surface area contributed by atoms with E-state index in [0.717, 1.165) is 17.1 Å². The van der Waals surface area contributed by atoms with Crippen LogP contribution in [-0.4, -0.2) is 6.61 Å². The predicted octanol–water partition coefficient (Wildman–Crippen LogP) is 3.51. The molecule has 76 valence electrons. The fourth-order valence-corrected chi connectivity index (χ4v) is 1.38. The number of hydrogen-bond donors (Lipinski definition) is 0. The molecule has 0 aliphatic rings. The third kappa shape index (κ3) is 2.10. The zero-order valence-electron chi connectivity index (χ0n) is 8.35. The number of rotatable bonds is 4. The van der Waals surface area contributed by atoms with Crippen LogP contribution in [0.3, 0.4) is 0 Å². The van der Waals surface area contributed by atoms with E-state index in [2.05, 4.69) is 6.58 Å². The van der Waals surface area contributed by atoms with E-state index in [0.29, 0.717) is 6.61 Å². The van der Waals surface area contributed by atoms with Gasteiger partial charge in [-0.15, -0.1) is 0 Å². The van der Waals surface area contributed by atoms with Gasteiger partial charge in [-0.1, -0.05) is 24.8 Å². The zero-order chi connectivity index (χ0) is 10.5. The number of hydrogen-bond acceptors (Lipinski definition) is 2. The van der Waals surface area contributed by atoms with Crippen molar-refractivity contribution in [3.63, 3.8) is 0 Å². The van der Waals surface area contributed by atoms with Crippen LogP contribution in [0.4, 0.5) is 0 Å². The Hall–Kier alpha value is -1.96. The zero-order valence-corrected chi connectivity index (χ0v) is 8.35. The number of para-hydroxylation sites is 1. The summed E-state index contributed by atoms with van der Waals surface area (Å²) in [5.74, 6) is 1.63. The van der Waals surface area contributed by atoms with Gasteiger partial charge in [-0.25, -0.2) is 0 Å². The van der Waals surface area contributed by atoms with E-state index in [1.165, 1.54) is 0 Å². The molecule has 1 heterocycles. The molecule has 2 heteroatoms. The summed E-state index contributed by atoms with van der Waals surface area (Å²) in [6, 6.07) is 11.6. The van der Waals surface area contributed by atoms with E-state index < -0.39 is 0 Å². The molecular formula is C13H12O2. The Bertz CT molecular complexity index is 430. The summed E-state index contributed by atoms with van der Waals surface area (Å²) >= 11 is 0. The Labute approximate surface area is 88.8 Å². The molecule has 15 heavy (non-hydrogen) atoms. The molecule has 0 amide bonds. The Balaban J connectivity index is 2.34. The summed E-state index contributed by atoms with van der Waals surface area (Å²) in [6.07, 6.45) is 3.37. The second kappa shape index (κ2) is 4.51. The van der Waals surface area contributed by atoms with Crippen LogP contribution in [0.25, 0.3) is 11.3 Å². The quantitative estimate of drug-likeness (QED) is 0.704. The lowest BCUT2D eigenvalue weighted by atomic mass is 10.1. The molecule has 0 saturated carbocycles. The maximum absolute atomic E-state index is 5.53. The minimum absolute atomic E-state index is 0.498. The van der Waals surface area contributed by atoms with Crippen LogP contribution in [0.15, 0.2) is 59.7 Å². The molecule has 0 atom stereocenters. The molecule has 0 saturated heterocycles. The first kappa shape index (κ1) is 9.59. The van der Waals surface area contributed by atoms with Crippen molar-refractivity contribution in [2.24, 2.45) is 0 Å². The summed E-state index contributed by atoms with van der Waals surface area (Å²) in [4.78, 5) is 0. The van der Waals surface area contributed by atoms with E-state index in [1.54, 1.807) is 12.3 Å². The normalized spacial score (nSPS) is 9.87. The summed E-state index contributed by atoms with van der Waals surface area (Å²) in [7, 11) is 0. The van der Waals surface area contributed by atoms with Crippen LogP contribution in [-0.2, 0) is 0 Å². The van der Waals surface area contributed by atoms with Crippen LogP contribution in [0.1, 0.15) is 0 Å². The highest BCUT2D eigenvalue weighted by Gasteiger charge is 2.06. The SMILES string of the molecule is C=CCOc1ccccc1-c1ccco1. The van der Waals surface area contributed by atoms with Crippen molar-refractivity contribution in [2.75, 3.05) is 6.61 Å². The summed E-state index contributed by atoms with van der Waals surface area (Å²) < 4.78 is 10.9. The van der Waals surface area contributed by atoms with Gasteiger partial charge in [0.05, 0.1) is 11.8 Å². The van der Waals surface area contributed by atoms with Crippen molar-refractivity contribution >= 4 is 0 Å². The Morgan fingerprint density at radius 1 is 1.20 bits per heavy atom. The lowest BCUT2D eigenvalue weighted by molar-refractivity contribution is 0.363. The number of benzene rings is 1. The van der Waals surface area contributed by atoms with Gasteiger partial charge < -0.3 is 9.15 Å². The maximum Gasteiger partial charge on any atom is 0.137 e. The largest absolute Gasteiger partial charge is 0.489 e. The second-order valence-electron chi connectivity index (χ2n) is 3.07. The molecule has 0 fully saturated rings. The molecule has 0 aliphatic heterocycles. The van der Waals surface area contributed by atoms with Crippen molar-refractivity contribution in [3.05, 3.63) is 55.3 Å². The highest BCUT2D eigenvalue weighted by molar-refractivity contribution is 5.65. The summed E-state index contributed by atoms with van der Waals surface area (Å²) in [5.41, 5.74) is 0.962. The van der Waals surface area contributed by atoms with Gasteiger partial charge >= 0.3 is 0 Å². The van der Waals surface area contributed by atoms with E-state index in [9.17, 15) is 0 Å². The van der Waals surface area contributed by atoms with Gasteiger partial charge in [0.15, 0.2) is 0 Å². The molecular weight excluding hydrogens is 188 g/mol. The first-order valence-electron chi connectivity index (χ1n) is 4.78. The molecule has 0 radical (unpaired) electrons. The Kier molecular flexibility index (Phi) is 2.88. The fraction of sp³-hybridized carbons (Fsp3) is 0.0769. The van der Waals surface area contributed by atoms with Gasteiger partial charge in [0.2, 0.25) is 0 Å². The molecule has 2 nitrogen and oxygen atoms in total. The van der Waals surface area contributed by atoms with Gasteiger partial charge in [-0.05, 0) is 24.3 Å².